The molecule has 1 aromatic carbocycles. The number of ether oxygens (including phenoxy) is 1. The molecule has 7 heteroatoms. The van der Waals surface area contributed by atoms with Gasteiger partial charge in [0.15, 0.2) is 11.6 Å². The third-order valence-electron chi connectivity index (χ3n) is 2.41. The smallest absolute Gasteiger partial charge is 0.167 e. The van der Waals surface area contributed by atoms with Crippen molar-refractivity contribution < 1.29 is 13.5 Å². The number of rotatable bonds is 4. The zero-order chi connectivity index (χ0) is 13.8. The van der Waals surface area contributed by atoms with Crippen LogP contribution in [0.1, 0.15) is 5.82 Å². The fraction of sp³-hybridized carbons (Fsp3) is 0.167. The first-order valence-electron chi connectivity index (χ1n) is 5.44. The van der Waals surface area contributed by atoms with E-state index in [-0.39, 0.29) is 18.0 Å². The van der Waals surface area contributed by atoms with Crippen molar-refractivity contribution in [1.29, 1.82) is 0 Å². The number of hydrogen-bond acceptors (Lipinski definition) is 5. The number of anilines is 2. The molecule has 0 radical (unpaired) electrons. The molecule has 0 unspecified atom stereocenters. The van der Waals surface area contributed by atoms with E-state index in [1.807, 2.05) is 0 Å². The van der Waals surface area contributed by atoms with E-state index >= 15 is 0 Å². The lowest BCUT2D eigenvalue weighted by Crippen LogP contribution is -2.07. The number of aromatic nitrogens is 2. The molecule has 100 valence electrons. The second-order valence-electron chi connectivity index (χ2n) is 3.72. The fourth-order valence-corrected chi connectivity index (χ4v) is 1.49. The zero-order valence-corrected chi connectivity index (χ0v) is 10.2. The Balaban J connectivity index is 2.13. The molecule has 1 aromatic heterocycles. The van der Waals surface area contributed by atoms with E-state index in [9.17, 15) is 8.78 Å². The largest absolute Gasteiger partial charge is 0.494 e. The van der Waals surface area contributed by atoms with Crippen molar-refractivity contribution in [2.24, 2.45) is 0 Å². The summed E-state index contributed by atoms with van der Waals surface area (Å²) >= 11 is 0. The minimum Gasteiger partial charge on any atom is -0.494 e. The second-order valence-corrected chi connectivity index (χ2v) is 3.72. The highest BCUT2D eigenvalue weighted by Gasteiger charge is 2.10. The molecule has 0 aliphatic carbocycles. The van der Waals surface area contributed by atoms with Gasteiger partial charge >= 0.3 is 0 Å². The minimum absolute atomic E-state index is 0.00400. The number of nitrogens with two attached hydrogens (primary N) is 1. The first kappa shape index (κ1) is 13.0. The van der Waals surface area contributed by atoms with Crippen molar-refractivity contribution in [1.82, 2.24) is 9.97 Å². The third kappa shape index (κ3) is 3.06. The lowest BCUT2D eigenvalue weighted by molar-refractivity contribution is 0.383. The minimum atomic E-state index is -0.653. The maximum atomic E-state index is 13.6. The normalized spacial score (nSPS) is 10.3. The molecule has 0 atom stereocenters. The molecule has 5 nitrogen and oxygen atoms in total. The Morgan fingerprint density at radius 3 is 2.79 bits per heavy atom. The Bertz CT molecular complexity index is 592. The molecular weight excluding hydrogens is 254 g/mol. The van der Waals surface area contributed by atoms with Gasteiger partial charge in [-0.1, -0.05) is 0 Å². The Morgan fingerprint density at radius 2 is 2.11 bits per heavy atom. The predicted octanol–water partition coefficient (Wildman–Crippen LogP) is 1.96. The number of halogens is 2. The van der Waals surface area contributed by atoms with Gasteiger partial charge in [-0.3, -0.25) is 0 Å². The van der Waals surface area contributed by atoms with Crippen molar-refractivity contribution in [3.63, 3.8) is 0 Å². The van der Waals surface area contributed by atoms with Gasteiger partial charge in [-0.2, -0.15) is 0 Å². The van der Waals surface area contributed by atoms with Gasteiger partial charge in [0.2, 0.25) is 0 Å². The van der Waals surface area contributed by atoms with Crippen LogP contribution in [0.25, 0.3) is 0 Å². The Morgan fingerprint density at radius 1 is 1.32 bits per heavy atom. The second kappa shape index (κ2) is 5.47. The summed E-state index contributed by atoms with van der Waals surface area (Å²) in [7, 11) is 1.27. The van der Waals surface area contributed by atoms with Crippen LogP contribution in [-0.2, 0) is 6.54 Å². The molecule has 0 fully saturated rings. The number of benzene rings is 1. The highest BCUT2D eigenvalue weighted by Crippen LogP contribution is 2.24. The summed E-state index contributed by atoms with van der Waals surface area (Å²) in [5.41, 5.74) is 5.49. The highest BCUT2D eigenvalue weighted by molar-refractivity contribution is 5.49. The predicted molar refractivity (Wildman–Crippen MR) is 66.7 cm³/mol. The van der Waals surface area contributed by atoms with Crippen LogP contribution >= 0.6 is 0 Å². The molecule has 0 aliphatic heterocycles. The van der Waals surface area contributed by atoms with E-state index in [2.05, 4.69) is 20.0 Å². The average molecular weight is 266 g/mol. The number of nitrogens with zero attached hydrogens (tertiary/aromatic N) is 2. The van der Waals surface area contributed by atoms with Crippen LogP contribution in [0.2, 0.25) is 0 Å². The van der Waals surface area contributed by atoms with Crippen LogP contribution in [0.15, 0.2) is 24.4 Å². The summed E-state index contributed by atoms with van der Waals surface area (Å²) in [5, 5.41) is 2.70. The van der Waals surface area contributed by atoms with Crippen LogP contribution in [0.4, 0.5) is 20.3 Å². The van der Waals surface area contributed by atoms with Gasteiger partial charge in [-0.25, -0.2) is 18.7 Å². The number of methoxy groups -OCH3 is 1. The average Bonchev–Trinajstić information content (AvgIpc) is 2.39. The monoisotopic (exact) mass is 266 g/mol. The van der Waals surface area contributed by atoms with Crippen molar-refractivity contribution in [3.05, 3.63) is 41.9 Å². The maximum Gasteiger partial charge on any atom is 0.167 e. The SMILES string of the molecule is COc1cc(F)c(NCc2nccc(N)n2)cc1F. The number of nitrogen functional groups attached to an aromatic ring is 1. The van der Waals surface area contributed by atoms with Crippen LogP contribution in [0.3, 0.4) is 0 Å². The van der Waals surface area contributed by atoms with E-state index in [4.69, 9.17) is 5.73 Å². The van der Waals surface area contributed by atoms with Gasteiger partial charge in [-0.05, 0) is 6.07 Å². The molecule has 1 heterocycles. The molecule has 0 saturated heterocycles. The van der Waals surface area contributed by atoms with E-state index in [0.29, 0.717) is 11.6 Å². The van der Waals surface area contributed by atoms with Crippen molar-refractivity contribution in [2.45, 2.75) is 6.54 Å². The lowest BCUT2D eigenvalue weighted by Gasteiger charge is -2.09. The summed E-state index contributed by atoms with van der Waals surface area (Å²) in [5.74, 6) is -0.728. The maximum absolute atomic E-state index is 13.6. The lowest BCUT2D eigenvalue weighted by atomic mass is 10.2. The van der Waals surface area contributed by atoms with Crippen molar-refractivity contribution in [3.8, 4) is 5.75 Å². The van der Waals surface area contributed by atoms with E-state index < -0.39 is 11.6 Å². The molecule has 2 aromatic rings. The van der Waals surface area contributed by atoms with E-state index in [1.54, 1.807) is 0 Å². The summed E-state index contributed by atoms with van der Waals surface area (Å²) in [6.07, 6.45) is 1.49. The van der Waals surface area contributed by atoms with Gasteiger partial charge in [-0.15, -0.1) is 0 Å². The summed E-state index contributed by atoms with van der Waals surface area (Å²) < 4.78 is 31.7. The summed E-state index contributed by atoms with van der Waals surface area (Å²) in [6, 6.07) is 3.52. The van der Waals surface area contributed by atoms with Gasteiger partial charge in [0.05, 0.1) is 19.3 Å². The van der Waals surface area contributed by atoms with Crippen LogP contribution < -0.4 is 15.8 Å². The van der Waals surface area contributed by atoms with Gasteiger partial charge in [0.25, 0.3) is 0 Å². The molecule has 3 N–H and O–H groups in total. The highest BCUT2D eigenvalue weighted by atomic mass is 19.1. The van der Waals surface area contributed by atoms with Gasteiger partial charge in [0.1, 0.15) is 17.5 Å². The van der Waals surface area contributed by atoms with Gasteiger partial charge in [0, 0.05) is 18.3 Å². The van der Waals surface area contributed by atoms with Crippen molar-refractivity contribution >= 4 is 11.5 Å². The third-order valence-corrected chi connectivity index (χ3v) is 2.41. The molecule has 0 amide bonds. The van der Waals surface area contributed by atoms with Crippen LogP contribution in [0.5, 0.6) is 5.75 Å². The number of hydrogen-bond donors (Lipinski definition) is 2. The van der Waals surface area contributed by atoms with Crippen LogP contribution in [0, 0.1) is 11.6 Å². The molecule has 0 aliphatic rings. The molecule has 0 saturated carbocycles. The zero-order valence-electron chi connectivity index (χ0n) is 10.2. The van der Waals surface area contributed by atoms with Crippen molar-refractivity contribution in [2.75, 3.05) is 18.2 Å². The molecule has 0 bridgehead atoms. The molecule has 0 spiro atoms. The molecule has 2 rings (SSSR count). The van der Waals surface area contributed by atoms with Crippen LogP contribution in [-0.4, -0.2) is 17.1 Å². The van der Waals surface area contributed by atoms with Gasteiger partial charge < -0.3 is 15.8 Å². The quantitative estimate of drug-likeness (QED) is 0.885. The molecular formula is C12H12F2N4O. The Kier molecular flexibility index (Phi) is 3.74. The summed E-state index contributed by atoms with van der Waals surface area (Å²) in [4.78, 5) is 7.88. The number of nitrogens with one attached hydrogen (secondary N) is 1. The Hall–Kier alpha value is -2.44. The first-order valence-corrected chi connectivity index (χ1v) is 5.44. The summed E-state index contributed by atoms with van der Waals surface area (Å²) in [6.45, 7) is 0.133. The standard InChI is InChI=1S/C12H12F2N4O/c1-19-10-5-7(13)9(4-8(10)14)17-6-12-16-3-2-11(15)18-12/h2-5,17H,6H2,1H3,(H2,15,16,18). The van der Waals surface area contributed by atoms with E-state index in [0.717, 1.165) is 12.1 Å². The topological polar surface area (TPSA) is 73.1 Å². The molecule has 19 heavy (non-hydrogen) atoms. The first-order chi connectivity index (χ1) is 9.10. The van der Waals surface area contributed by atoms with E-state index in [1.165, 1.54) is 19.4 Å². The Labute approximate surface area is 108 Å². The fourth-order valence-electron chi connectivity index (χ4n) is 1.49.